The molecular formula is C13H22N2O2S. The minimum Gasteiger partial charge on any atom is -0.195 e. The summed E-state index contributed by atoms with van der Waals surface area (Å²) < 4.78 is 27.2. The van der Waals surface area contributed by atoms with Crippen LogP contribution >= 0.6 is 0 Å². The highest BCUT2D eigenvalue weighted by atomic mass is 32.2. The van der Waals surface area contributed by atoms with Gasteiger partial charge < -0.3 is 0 Å². The van der Waals surface area contributed by atoms with Crippen LogP contribution in [-0.4, -0.2) is 37.7 Å². The van der Waals surface area contributed by atoms with Crippen LogP contribution in [0.5, 0.6) is 0 Å². The number of nitrogens with zero attached hydrogens (tertiary/aromatic N) is 2. The smallest absolute Gasteiger partial charge is 0.195 e. The minimum atomic E-state index is -3.34. The predicted octanol–water partition coefficient (Wildman–Crippen LogP) is 2.10. The normalized spacial score (nSPS) is 12.3. The second-order valence-electron chi connectivity index (χ2n) is 4.46. The SMILES string of the molecule is CCCCN(Cc1ccccc1)S(=O)(=O)N(C)C. The number of hydrogen-bond donors (Lipinski definition) is 0. The van der Waals surface area contributed by atoms with Gasteiger partial charge in [0.1, 0.15) is 0 Å². The third-order valence-corrected chi connectivity index (χ3v) is 4.64. The van der Waals surface area contributed by atoms with E-state index < -0.39 is 10.2 Å². The molecule has 0 radical (unpaired) electrons. The number of unbranched alkanes of at least 4 members (excludes halogenated alkanes) is 1. The van der Waals surface area contributed by atoms with E-state index in [1.54, 1.807) is 14.1 Å². The first-order chi connectivity index (χ1) is 8.48. The van der Waals surface area contributed by atoms with Crippen LogP contribution in [0, 0.1) is 0 Å². The standard InChI is InChI=1S/C13H22N2O2S/c1-4-5-11-15(18(16,17)14(2)3)12-13-9-7-6-8-10-13/h6-10H,4-5,11-12H2,1-3H3. The number of benzene rings is 1. The van der Waals surface area contributed by atoms with Gasteiger partial charge in [-0.2, -0.15) is 17.0 Å². The highest BCUT2D eigenvalue weighted by Gasteiger charge is 2.23. The Morgan fingerprint density at radius 2 is 1.72 bits per heavy atom. The second kappa shape index (κ2) is 6.87. The molecule has 1 aromatic rings. The van der Waals surface area contributed by atoms with Crippen LogP contribution in [0.2, 0.25) is 0 Å². The predicted molar refractivity (Wildman–Crippen MR) is 74.4 cm³/mol. The molecule has 102 valence electrons. The maximum Gasteiger partial charge on any atom is 0.281 e. The van der Waals surface area contributed by atoms with E-state index in [0.29, 0.717) is 13.1 Å². The van der Waals surface area contributed by atoms with Crippen molar-refractivity contribution in [2.45, 2.75) is 26.3 Å². The van der Waals surface area contributed by atoms with Crippen molar-refractivity contribution in [3.05, 3.63) is 35.9 Å². The van der Waals surface area contributed by atoms with Crippen molar-refractivity contribution in [1.82, 2.24) is 8.61 Å². The molecule has 0 amide bonds. The minimum absolute atomic E-state index is 0.432. The van der Waals surface area contributed by atoms with Crippen molar-refractivity contribution in [2.75, 3.05) is 20.6 Å². The summed E-state index contributed by atoms with van der Waals surface area (Å²) >= 11 is 0. The summed E-state index contributed by atoms with van der Waals surface area (Å²) in [5, 5.41) is 0. The molecule has 0 heterocycles. The Morgan fingerprint density at radius 3 is 2.22 bits per heavy atom. The fourth-order valence-corrected chi connectivity index (χ4v) is 2.76. The van der Waals surface area contributed by atoms with Gasteiger partial charge in [0.15, 0.2) is 0 Å². The maximum atomic E-state index is 12.2. The van der Waals surface area contributed by atoms with Gasteiger partial charge in [-0.3, -0.25) is 0 Å². The lowest BCUT2D eigenvalue weighted by molar-refractivity contribution is 0.364. The Labute approximate surface area is 110 Å². The van der Waals surface area contributed by atoms with Crippen LogP contribution < -0.4 is 0 Å². The first-order valence-corrected chi connectivity index (χ1v) is 7.59. The molecule has 0 fully saturated rings. The molecule has 0 saturated carbocycles. The molecule has 1 rings (SSSR count). The zero-order valence-electron chi connectivity index (χ0n) is 11.3. The Bertz CT molecular complexity index is 443. The molecule has 0 N–H and O–H groups in total. The van der Waals surface area contributed by atoms with Crippen LogP contribution in [0.1, 0.15) is 25.3 Å². The Hall–Kier alpha value is -0.910. The van der Waals surface area contributed by atoms with E-state index in [0.717, 1.165) is 18.4 Å². The molecule has 18 heavy (non-hydrogen) atoms. The van der Waals surface area contributed by atoms with Gasteiger partial charge in [-0.15, -0.1) is 0 Å². The van der Waals surface area contributed by atoms with Crippen LogP contribution in [0.15, 0.2) is 30.3 Å². The Kier molecular flexibility index (Phi) is 5.78. The molecule has 0 bridgehead atoms. The second-order valence-corrected chi connectivity index (χ2v) is 6.61. The quantitative estimate of drug-likeness (QED) is 0.761. The topological polar surface area (TPSA) is 40.6 Å². The van der Waals surface area contributed by atoms with Crippen molar-refractivity contribution in [1.29, 1.82) is 0 Å². The average Bonchev–Trinajstić information content (AvgIpc) is 2.35. The summed E-state index contributed by atoms with van der Waals surface area (Å²) in [4.78, 5) is 0. The third kappa shape index (κ3) is 4.08. The van der Waals surface area contributed by atoms with E-state index in [4.69, 9.17) is 0 Å². The highest BCUT2D eigenvalue weighted by molar-refractivity contribution is 7.86. The van der Waals surface area contributed by atoms with E-state index >= 15 is 0 Å². The van der Waals surface area contributed by atoms with E-state index in [2.05, 4.69) is 6.92 Å². The summed E-state index contributed by atoms with van der Waals surface area (Å²) in [5.74, 6) is 0. The van der Waals surface area contributed by atoms with Gasteiger partial charge in [0.05, 0.1) is 0 Å². The molecule has 0 aromatic heterocycles. The zero-order chi connectivity index (χ0) is 13.6. The van der Waals surface area contributed by atoms with E-state index in [-0.39, 0.29) is 0 Å². The monoisotopic (exact) mass is 270 g/mol. The van der Waals surface area contributed by atoms with Crippen LogP contribution in [0.3, 0.4) is 0 Å². The van der Waals surface area contributed by atoms with Gasteiger partial charge >= 0.3 is 0 Å². The zero-order valence-corrected chi connectivity index (χ0v) is 12.2. The molecule has 0 saturated heterocycles. The van der Waals surface area contributed by atoms with Crippen molar-refractivity contribution in [2.24, 2.45) is 0 Å². The lowest BCUT2D eigenvalue weighted by Crippen LogP contribution is -2.40. The van der Waals surface area contributed by atoms with Crippen LogP contribution in [0.4, 0.5) is 0 Å². The number of rotatable bonds is 7. The molecule has 1 aromatic carbocycles. The van der Waals surface area contributed by atoms with Gasteiger partial charge in [-0.25, -0.2) is 0 Å². The average molecular weight is 270 g/mol. The highest BCUT2D eigenvalue weighted by Crippen LogP contribution is 2.12. The molecule has 0 aliphatic carbocycles. The van der Waals surface area contributed by atoms with Crippen molar-refractivity contribution >= 4 is 10.2 Å². The fraction of sp³-hybridized carbons (Fsp3) is 0.538. The number of hydrogen-bond acceptors (Lipinski definition) is 2. The molecular weight excluding hydrogens is 248 g/mol. The van der Waals surface area contributed by atoms with E-state index in [1.165, 1.54) is 8.61 Å². The summed E-state index contributed by atoms with van der Waals surface area (Å²) in [7, 11) is -0.205. The maximum absolute atomic E-state index is 12.2. The molecule has 0 aliphatic rings. The molecule has 5 heteroatoms. The van der Waals surface area contributed by atoms with Gasteiger partial charge in [-0.05, 0) is 12.0 Å². The van der Waals surface area contributed by atoms with Gasteiger partial charge in [0.25, 0.3) is 10.2 Å². The largest absolute Gasteiger partial charge is 0.281 e. The fourth-order valence-electron chi connectivity index (χ4n) is 1.63. The first-order valence-electron chi connectivity index (χ1n) is 6.20. The molecule has 0 unspecified atom stereocenters. The van der Waals surface area contributed by atoms with E-state index in [1.807, 2.05) is 30.3 Å². The Morgan fingerprint density at radius 1 is 1.11 bits per heavy atom. The van der Waals surface area contributed by atoms with Gasteiger partial charge in [0.2, 0.25) is 0 Å². The van der Waals surface area contributed by atoms with Gasteiger partial charge in [-0.1, -0.05) is 43.7 Å². The summed E-state index contributed by atoms with van der Waals surface area (Å²) in [6, 6.07) is 9.68. The van der Waals surface area contributed by atoms with Crippen LogP contribution in [-0.2, 0) is 16.8 Å². The summed E-state index contributed by atoms with van der Waals surface area (Å²) in [5.41, 5.74) is 1.01. The lowest BCUT2D eigenvalue weighted by atomic mass is 10.2. The van der Waals surface area contributed by atoms with Crippen molar-refractivity contribution < 1.29 is 8.42 Å². The Balaban J connectivity index is 2.86. The third-order valence-electron chi connectivity index (χ3n) is 2.75. The summed E-state index contributed by atoms with van der Waals surface area (Å²) in [6.07, 6.45) is 1.86. The summed E-state index contributed by atoms with van der Waals surface area (Å²) in [6.45, 7) is 3.05. The van der Waals surface area contributed by atoms with E-state index in [9.17, 15) is 8.42 Å². The molecule has 0 aliphatic heterocycles. The molecule has 0 atom stereocenters. The molecule has 4 nitrogen and oxygen atoms in total. The van der Waals surface area contributed by atoms with Crippen LogP contribution in [0.25, 0.3) is 0 Å². The van der Waals surface area contributed by atoms with Gasteiger partial charge in [0, 0.05) is 27.2 Å². The van der Waals surface area contributed by atoms with Crippen molar-refractivity contribution in [3.63, 3.8) is 0 Å². The lowest BCUT2D eigenvalue weighted by Gasteiger charge is -2.25. The first kappa shape index (κ1) is 15.1. The van der Waals surface area contributed by atoms with Crippen molar-refractivity contribution in [3.8, 4) is 0 Å². The molecule has 0 spiro atoms.